The first-order valence-electron chi connectivity index (χ1n) is 9.47. The number of carbonyl (C=O) groups is 1. The van der Waals surface area contributed by atoms with Gasteiger partial charge in [0.15, 0.2) is 0 Å². The molecule has 3 aromatic rings. The van der Waals surface area contributed by atoms with Crippen molar-refractivity contribution in [1.29, 1.82) is 0 Å². The third kappa shape index (κ3) is 6.55. The fraction of sp³-hybridized carbons (Fsp3) is 0.304. The number of hydrogen-bond acceptors (Lipinski definition) is 6. The van der Waals surface area contributed by atoms with Gasteiger partial charge in [0.1, 0.15) is 23.7 Å². The van der Waals surface area contributed by atoms with Crippen molar-refractivity contribution in [3.05, 3.63) is 65.9 Å². The molecule has 0 saturated carbocycles. The molecule has 0 aliphatic carbocycles. The Morgan fingerprint density at radius 1 is 1.03 bits per heavy atom. The molecule has 7 nitrogen and oxygen atoms in total. The Bertz CT molecular complexity index is 984. The standard InChI is InChI=1S/C22H25N3O2.CH2O2/c1-15-7-6-10-24-19(15)14-26-20-13-17(27-22(3,4)5)8-9-18(20)21-16(2)23-11-12-25-21;2-1-3/h6-13H,14H2,1-5H3;1H,(H,2,3). The van der Waals surface area contributed by atoms with Crippen molar-refractivity contribution in [3.63, 3.8) is 0 Å². The van der Waals surface area contributed by atoms with Gasteiger partial charge in [-0.15, -0.1) is 0 Å². The Morgan fingerprint density at radius 3 is 2.37 bits per heavy atom. The number of ether oxygens (including phenoxy) is 2. The van der Waals surface area contributed by atoms with E-state index in [2.05, 4.69) is 15.0 Å². The zero-order chi connectivity index (χ0) is 22.1. The van der Waals surface area contributed by atoms with Gasteiger partial charge in [0, 0.05) is 30.2 Å². The van der Waals surface area contributed by atoms with Crippen LogP contribution in [0.2, 0.25) is 0 Å². The van der Waals surface area contributed by atoms with Crippen molar-refractivity contribution in [2.24, 2.45) is 0 Å². The summed E-state index contributed by atoms with van der Waals surface area (Å²) in [5, 5.41) is 6.89. The molecule has 3 rings (SSSR count). The average Bonchev–Trinajstić information content (AvgIpc) is 2.68. The van der Waals surface area contributed by atoms with Gasteiger partial charge < -0.3 is 14.6 Å². The van der Waals surface area contributed by atoms with Crippen LogP contribution in [0.3, 0.4) is 0 Å². The van der Waals surface area contributed by atoms with E-state index in [0.717, 1.165) is 34.0 Å². The molecule has 0 spiro atoms. The molecule has 0 atom stereocenters. The normalized spacial score (nSPS) is 10.6. The zero-order valence-electron chi connectivity index (χ0n) is 17.9. The quantitative estimate of drug-likeness (QED) is 0.615. The third-order valence-corrected chi connectivity index (χ3v) is 4.00. The second-order valence-electron chi connectivity index (χ2n) is 7.52. The van der Waals surface area contributed by atoms with Crippen LogP contribution in [0.1, 0.15) is 37.7 Å². The highest BCUT2D eigenvalue weighted by molar-refractivity contribution is 5.70. The van der Waals surface area contributed by atoms with Crippen LogP contribution in [-0.4, -0.2) is 32.1 Å². The van der Waals surface area contributed by atoms with E-state index in [0.29, 0.717) is 12.4 Å². The van der Waals surface area contributed by atoms with E-state index < -0.39 is 0 Å². The van der Waals surface area contributed by atoms with Gasteiger partial charge >= 0.3 is 0 Å². The Labute approximate surface area is 176 Å². The summed E-state index contributed by atoms with van der Waals surface area (Å²) in [6.45, 7) is 10.1. The molecule has 0 saturated heterocycles. The highest BCUT2D eigenvalue weighted by Crippen LogP contribution is 2.35. The van der Waals surface area contributed by atoms with Crippen LogP contribution >= 0.6 is 0 Å². The Balaban J connectivity index is 0.00000101. The molecule has 1 aromatic carbocycles. The molecule has 0 radical (unpaired) electrons. The molecule has 2 heterocycles. The second-order valence-corrected chi connectivity index (χ2v) is 7.52. The van der Waals surface area contributed by atoms with E-state index >= 15 is 0 Å². The van der Waals surface area contributed by atoms with Gasteiger partial charge in [-0.25, -0.2) is 0 Å². The van der Waals surface area contributed by atoms with Gasteiger partial charge in [0.25, 0.3) is 6.47 Å². The zero-order valence-corrected chi connectivity index (χ0v) is 17.9. The van der Waals surface area contributed by atoms with Gasteiger partial charge in [-0.3, -0.25) is 19.7 Å². The number of carboxylic acid groups (broad SMARTS) is 1. The van der Waals surface area contributed by atoms with Crippen LogP contribution < -0.4 is 9.47 Å². The summed E-state index contributed by atoms with van der Waals surface area (Å²) in [6.07, 6.45) is 5.15. The molecule has 0 unspecified atom stereocenters. The fourth-order valence-corrected chi connectivity index (χ4v) is 2.72. The third-order valence-electron chi connectivity index (χ3n) is 4.00. The van der Waals surface area contributed by atoms with Crippen molar-refractivity contribution in [2.45, 2.75) is 46.8 Å². The lowest BCUT2D eigenvalue weighted by atomic mass is 10.1. The molecular formula is C23H27N3O4. The summed E-state index contributed by atoms with van der Waals surface area (Å²) < 4.78 is 12.2. The summed E-state index contributed by atoms with van der Waals surface area (Å²) >= 11 is 0. The highest BCUT2D eigenvalue weighted by atomic mass is 16.5. The molecule has 7 heteroatoms. The van der Waals surface area contributed by atoms with Crippen molar-refractivity contribution in [2.75, 3.05) is 0 Å². The lowest BCUT2D eigenvalue weighted by Gasteiger charge is -2.22. The number of rotatable bonds is 5. The number of benzene rings is 1. The molecule has 0 amide bonds. The topological polar surface area (TPSA) is 94.4 Å². The van der Waals surface area contributed by atoms with Crippen molar-refractivity contribution in [1.82, 2.24) is 15.0 Å². The average molecular weight is 409 g/mol. The molecule has 0 aliphatic heterocycles. The summed E-state index contributed by atoms with van der Waals surface area (Å²) in [7, 11) is 0. The van der Waals surface area contributed by atoms with Gasteiger partial charge in [0.2, 0.25) is 0 Å². The maximum Gasteiger partial charge on any atom is 0.290 e. The minimum absolute atomic E-state index is 0.250. The van der Waals surface area contributed by atoms with Gasteiger partial charge in [0.05, 0.1) is 17.1 Å². The number of hydrogen-bond donors (Lipinski definition) is 1. The first-order valence-corrected chi connectivity index (χ1v) is 9.47. The van der Waals surface area contributed by atoms with E-state index in [4.69, 9.17) is 19.4 Å². The minimum Gasteiger partial charge on any atom is -0.488 e. The SMILES string of the molecule is Cc1cccnc1COc1cc(OC(C)(C)C)ccc1-c1nccnc1C.O=CO. The van der Waals surface area contributed by atoms with Crippen LogP contribution in [0.25, 0.3) is 11.3 Å². The van der Waals surface area contributed by atoms with Crippen molar-refractivity contribution in [3.8, 4) is 22.8 Å². The van der Waals surface area contributed by atoms with Crippen LogP contribution in [0, 0.1) is 13.8 Å². The molecule has 0 bridgehead atoms. The van der Waals surface area contributed by atoms with Crippen LogP contribution in [0.5, 0.6) is 11.5 Å². The fourth-order valence-electron chi connectivity index (χ4n) is 2.72. The molecule has 2 aromatic heterocycles. The van der Waals surface area contributed by atoms with Crippen molar-refractivity contribution < 1.29 is 19.4 Å². The summed E-state index contributed by atoms with van der Waals surface area (Å²) in [6, 6.07) is 9.77. The lowest BCUT2D eigenvalue weighted by molar-refractivity contribution is -0.122. The number of pyridine rings is 1. The Hall–Kier alpha value is -3.48. The first-order chi connectivity index (χ1) is 14.2. The number of aryl methyl sites for hydroxylation is 2. The van der Waals surface area contributed by atoms with E-state index in [-0.39, 0.29) is 12.1 Å². The highest BCUT2D eigenvalue weighted by Gasteiger charge is 2.17. The van der Waals surface area contributed by atoms with Gasteiger partial charge in [-0.2, -0.15) is 0 Å². The summed E-state index contributed by atoms with van der Waals surface area (Å²) in [5.41, 5.74) is 4.24. The van der Waals surface area contributed by atoms with Crippen molar-refractivity contribution >= 4 is 6.47 Å². The molecular weight excluding hydrogens is 382 g/mol. The second kappa shape index (κ2) is 10.3. The molecule has 158 valence electrons. The maximum atomic E-state index is 8.36. The number of aromatic nitrogens is 3. The van der Waals surface area contributed by atoms with Crippen LogP contribution in [0.15, 0.2) is 48.9 Å². The molecule has 30 heavy (non-hydrogen) atoms. The Kier molecular flexibility index (Phi) is 7.86. The van der Waals surface area contributed by atoms with E-state index in [9.17, 15) is 0 Å². The van der Waals surface area contributed by atoms with E-state index in [1.165, 1.54) is 0 Å². The maximum absolute atomic E-state index is 8.36. The van der Waals surface area contributed by atoms with Gasteiger partial charge in [-0.05, 0) is 58.4 Å². The molecule has 1 N–H and O–H groups in total. The molecule has 0 aliphatic rings. The predicted molar refractivity (Wildman–Crippen MR) is 115 cm³/mol. The van der Waals surface area contributed by atoms with Crippen LogP contribution in [0.4, 0.5) is 0 Å². The lowest BCUT2D eigenvalue weighted by Crippen LogP contribution is -2.22. The minimum atomic E-state index is -0.293. The molecule has 0 fully saturated rings. The summed E-state index contributed by atoms with van der Waals surface area (Å²) in [5.74, 6) is 1.45. The first kappa shape index (κ1) is 22.8. The monoisotopic (exact) mass is 409 g/mol. The van der Waals surface area contributed by atoms with E-state index in [1.54, 1.807) is 18.6 Å². The smallest absolute Gasteiger partial charge is 0.290 e. The summed E-state index contributed by atoms with van der Waals surface area (Å²) in [4.78, 5) is 21.6. The number of nitrogens with zero attached hydrogens (tertiary/aromatic N) is 3. The predicted octanol–water partition coefficient (Wildman–Crippen LogP) is 4.61. The Morgan fingerprint density at radius 2 is 1.73 bits per heavy atom. The largest absolute Gasteiger partial charge is 0.488 e. The van der Waals surface area contributed by atoms with Crippen LogP contribution in [-0.2, 0) is 11.4 Å². The van der Waals surface area contributed by atoms with E-state index in [1.807, 2.05) is 65.0 Å². The van der Waals surface area contributed by atoms with Gasteiger partial charge in [-0.1, -0.05) is 6.07 Å².